The van der Waals surface area contributed by atoms with Crippen LogP contribution in [0.1, 0.15) is 41.7 Å². The van der Waals surface area contributed by atoms with Crippen LogP contribution < -0.4 is 0 Å². The molecule has 114 valence electrons. The lowest BCUT2D eigenvalue weighted by Gasteiger charge is -2.07. The van der Waals surface area contributed by atoms with Gasteiger partial charge in [-0.25, -0.2) is 0 Å². The van der Waals surface area contributed by atoms with Gasteiger partial charge in [-0.15, -0.1) is 13.2 Å². The summed E-state index contributed by atoms with van der Waals surface area (Å²) in [4.78, 5) is 0. The van der Waals surface area contributed by atoms with E-state index in [0.29, 0.717) is 0 Å². The molecule has 2 rings (SSSR count). The molecule has 0 amide bonds. The van der Waals surface area contributed by atoms with Crippen molar-refractivity contribution in [2.24, 2.45) is 0 Å². The van der Waals surface area contributed by atoms with Crippen LogP contribution in [0.4, 0.5) is 0 Å². The molecular weight excluding hydrogens is 252 g/mol. The Morgan fingerprint density at radius 2 is 1.24 bits per heavy atom. The molecule has 0 fully saturated rings. The number of rotatable bonds is 3. The highest BCUT2D eigenvalue weighted by molar-refractivity contribution is 5.31. The van der Waals surface area contributed by atoms with Gasteiger partial charge in [0.05, 0.1) is 0 Å². The lowest BCUT2D eigenvalue weighted by molar-refractivity contribution is 0.947. The summed E-state index contributed by atoms with van der Waals surface area (Å²) in [6, 6.07) is 15.6. The van der Waals surface area contributed by atoms with Gasteiger partial charge in [0.25, 0.3) is 0 Å². The van der Waals surface area contributed by atoms with Gasteiger partial charge in [0.15, 0.2) is 0 Å². The first-order chi connectivity index (χ1) is 10.1. The van der Waals surface area contributed by atoms with E-state index in [2.05, 4.69) is 76.4 Å². The van der Waals surface area contributed by atoms with Crippen molar-refractivity contribution in [3.63, 3.8) is 0 Å². The van der Waals surface area contributed by atoms with Crippen LogP contribution in [-0.2, 0) is 12.8 Å². The van der Waals surface area contributed by atoms with Crippen LogP contribution >= 0.6 is 0 Å². The number of aryl methyl sites for hydroxylation is 5. The smallest absolute Gasteiger partial charge is 0.0236 e. The SMILES string of the molecule is C=C.CC.Cc1ccc(CCc2ccc(C)cc2C)cc1. The summed E-state index contributed by atoms with van der Waals surface area (Å²) in [6.45, 7) is 16.5. The van der Waals surface area contributed by atoms with Crippen LogP contribution in [0.2, 0.25) is 0 Å². The quantitative estimate of drug-likeness (QED) is 0.586. The van der Waals surface area contributed by atoms with Gasteiger partial charge in [-0.2, -0.15) is 0 Å². The maximum atomic E-state index is 3.00. The van der Waals surface area contributed by atoms with Gasteiger partial charge in [-0.1, -0.05) is 67.4 Å². The normalized spacial score (nSPS) is 9.00. The van der Waals surface area contributed by atoms with Gasteiger partial charge < -0.3 is 0 Å². The van der Waals surface area contributed by atoms with Crippen molar-refractivity contribution in [1.82, 2.24) is 0 Å². The maximum absolute atomic E-state index is 3.00. The Labute approximate surface area is 131 Å². The molecule has 0 heteroatoms. The first-order valence-corrected chi connectivity index (χ1v) is 7.77. The van der Waals surface area contributed by atoms with Gasteiger partial charge in [0.2, 0.25) is 0 Å². The monoisotopic (exact) mass is 282 g/mol. The minimum atomic E-state index is 1.13. The van der Waals surface area contributed by atoms with E-state index in [0.717, 1.165) is 12.8 Å². The van der Waals surface area contributed by atoms with E-state index in [-0.39, 0.29) is 0 Å². The van der Waals surface area contributed by atoms with Gasteiger partial charge in [0.1, 0.15) is 0 Å². The summed E-state index contributed by atoms with van der Waals surface area (Å²) in [7, 11) is 0. The molecule has 0 unspecified atom stereocenters. The van der Waals surface area contributed by atoms with E-state index >= 15 is 0 Å². The molecule has 0 aliphatic carbocycles. The molecule has 0 N–H and O–H groups in total. The largest absolute Gasteiger partial charge is 0.106 e. The predicted molar refractivity (Wildman–Crippen MR) is 97.1 cm³/mol. The highest BCUT2D eigenvalue weighted by Crippen LogP contribution is 2.14. The second-order valence-corrected chi connectivity index (χ2v) is 4.92. The molecule has 0 heterocycles. The van der Waals surface area contributed by atoms with Crippen molar-refractivity contribution < 1.29 is 0 Å². The Hall–Kier alpha value is -1.82. The van der Waals surface area contributed by atoms with Crippen LogP contribution in [0.25, 0.3) is 0 Å². The van der Waals surface area contributed by atoms with Gasteiger partial charge in [0, 0.05) is 0 Å². The Balaban J connectivity index is 0.000000921. The predicted octanol–water partition coefficient (Wildman–Crippen LogP) is 6.23. The summed E-state index contributed by atoms with van der Waals surface area (Å²) >= 11 is 0. The lowest BCUT2D eigenvalue weighted by Crippen LogP contribution is -1.94. The summed E-state index contributed by atoms with van der Waals surface area (Å²) in [5.74, 6) is 0. The fourth-order valence-electron chi connectivity index (χ4n) is 2.16. The third-order valence-electron chi connectivity index (χ3n) is 3.30. The molecule has 0 aromatic heterocycles. The number of hydrogen-bond donors (Lipinski definition) is 0. The standard InChI is InChI=1S/C17H20.C2H6.C2H4/c1-13-4-7-16(8-5-13)9-11-17-10-6-14(2)12-15(17)3;2*1-2/h4-8,10,12H,9,11H2,1-3H3;1-2H3;1-2H2. The van der Waals surface area contributed by atoms with Crippen LogP contribution in [0, 0.1) is 20.8 Å². The number of hydrogen-bond acceptors (Lipinski definition) is 0. The molecule has 0 aliphatic heterocycles. The average Bonchev–Trinajstić information content (AvgIpc) is 2.52. The second kappa shape index (κ2) is 10.9. The van der Waals surface area contributed by atoms with E-state index in [1.165, 1.54) is 27.8 Å². The fraction of sp³-hybridized carbons (Fsp3) is 0.333. The molecule has 0 radical (unpaired) electrons. The highest BCUT2D eigenvalue weighted by Gasteiger charge is 1.99. The maximum Gasteiger partial charge on any atom is -0.0236 e. The second-order valence-electron chi connectivity index (χ2n) is 4.92. The molecule has 0 nitrogen and oxygen atoms in total. The fourth-order valence-corrected chi connectivity index (χ4v) is 2.16. The molecule has 2 aromatic carbocycles. The third-order valence-corrected chi connectivity index (χ3v) is 3.30. The minimum Gasteiger partial charge on any atom is -0.106 e. The molecule has 0 saturated carbocycles. The molecule has 0 bridgehead atoms. The van der Waals surface area contributed by atoms with Crippen LogP contribution in [0.15, 0.2) is 55.6 Å². The number of benzene rings is 2. The molecule has 0 saturated heterocycles. The average molecular weight is 282 g/mol. The van der Waals surface area contributed by atoms with Crippen molar-refractivity contribution in [2.75, 3.05) is 0 Å². The molecular formula is C21H30. The first-order valence-electron chi connectivity index (χ1n) is 7.77. The van der Waals surface area contributed by atoms with E-state index in [1.54, 1.807) is 0 Å². The summed E-state index contributed by atoms with van der Waals surface area (Å²) < 4.78 is 0. The summed E-state index contributed by atoms with van der Waals surface area (Å²) in [5.41, 5.74) is 6.99. The molecule has 0 atom stereocenters. The minimum absolute atomic E-state index is 1.13. The Bertz CT molecular complexity index is 506. The Morgan fingerprint density at radius 1 is 0.714 bits per heavy atom. The lowest BCUT2D eigenvalue weighted by atomic mass is 9.99. The zero-order valence-corrected chi connectivity index (χ0v) is 14.4. The molecule has 0 spiro atoms. The highest BCUT2D eigenvalue weighted by atomic mass is 14.0. The van der Waals surface area contributed by atoms with Crippen molar-refractivity contribution in [1.29, 1.82) is 0 Å². The topological polar surface area (TPSA) is 0 Å². The van der Waals surface area contributed by atoms with Gasteiger partial charge >= 0.3 is 0 Å². The van der Waals surface area contributed by atoms with Crippen molar-refractivity contribution in [2.45, 2.75) is 47.5 Å². The third kappa shape index (κ3) is 6.94. The van der Waals surface area contributed by atoms with Gasteiger partial charge in [-0.05, 0) is 50.3 Å². The van der Waals surface area contributed by atoms with E-state index < -0.39 is 0 Å². The van der Waals surface area contributed by atoms with E-state index in [4.69, 9.17) is 0 Å². The molecule has 21 heavy (non-hydrogen) atoms. The van der Waals surface area contributed by atoms with E-state index in [9.17, 15) is 0 Å². The summed E-state index contributed by atoms with van der Waals surface area (Å²) in [6.07, 6.45) is 2.26. The molecule has 0 aliphatic rings. The first kappa shape index (κ1) is 19.2. The zero-order valence-electron chi connectivity index (χ0n) is 14.4. The molecule has 2 aromatic rings. The zero-order chi connectivity index (χ0) is 16.3. The van der Waals surface area contributed by atoms with E-state index in [1.807, 2.05) is 13.8 Å². The van der Waals surface area contributed by atoms with Crippen LogP contribution in [0.5, 0.6) is 0 Å². The van der Waals surface area contributed by atoms with Crippen LogP contribution in [0.3, 0.4) is 0 Å². The summed E-state index contributed by atoms with van der Waals surface area (Å²) in [5, 5.41) is 0. The Kier molecular flexibility index (Phi) is 9.96. The van der Waals surface area contributed by atoms with Crippen molar-refractivity contribution in [3.8, 4) is 0 Å². The Morgan fingerprint density at radius 3 is 1.76 bits per heavy atom. The van der Waals surface area contributed by atoms with Crippen molar-refractivity contribution >= 4 is 0 Å². The van der Waals surface area contributed by atoms with Gasteiger partial charge in [-0.3, -0.25) is 0 Å². The van der Waals surface area contributed by atoms with Crippen molar-refractivity contribution in [3.05, 3.63) is 83.4 Å². The van der Waals surface area contributed by atoms with Crippen LogP contribution in [-0.4, -0.2) is 0 Å².